The highest BCUT2D eigenvalue weighted by Crippen LogP contribution is 2.30. The summed E-state index contributed by atoms with van der Waals surface area (Å²) in [4.78, 5) is 11.8. The lowest BCUT2D eigenvalue weighted by molar-refractivity contribution is -0.137. The standard InChI is InChI=1S/C17H17F3N2O2/c1-24-15-7-5-13(6-8-15)21-10-9-16(23)22-14-4-2-3-12(11-14)17(18,19)20/h2-8,11,21H,9-10H2,1H3,(H,22,23). The monoisotopic (exact) mass is 338 g/mol. The maximum Gasteiger partial charge on any atom is 0.416 e. The minimum absolute atomic E-state index is 0.124. The van der Waals surface area contributed by atoms with Gasteiger partial charge in [-0.3, -0.25) is 4.79 Å². The summed E-state index contributed by atoms with van der Waals surface area (Å²) >= 11 is 0. The van der Waals surface area contributed by atoms with Crippen molar-refractivity contribution in [2.45, 2.75) is 12.6 Å². The van der Waals surface area contributed by atoms with E-state index in [4.69, 9.17) is 4.74 Å². The Labute approximate surface area is 137 Å². The first-order chi connectivity index (χ1) is 11.4. The van der Waals surface area contributed by atoms with Crippen molar-refractivity contribution in [3.05, 3.63) is 54.1 Å². The maximum absolute atomic E-state index is 12.6. The number of ether oxygens (including phenoxy) is 1. The average molecular weight is 338 g/mol. The second-order valence-corrected chi connectivity index (χ2v) is 5.03. The summed E-state index contributed by atoms with van der Waals surface area (Å²) < 4.78 is 42.9. The summed E-state index contributed by atoms with van der Waals surface area (Å²) in [5.74, 6) is 0.359. The highest BCUT2D eigenvalue weighted by Gasteiger charge is 2.30. The summed E-state index contributed by atoms with van der Waals surface area (Å²) in [7, 11) is 1.57. The normalized spacial score (nSPS) is 11.0. The molecule has 0 aromatic heterocycles. The SMILES string of the molecule is COc1ccc(NCCC(=O)Nc2cccc(C(F)(F)F)c2)cc1. The van der Waals surface area contributed by atoms with Crippen LogP contribution < -0.4 is 15.4 Å². The molecule has 128 valence electrons. The van der Waals surface area contributed by atoms with Gasteiger partial charge in [0, 0.05) is 24.3 Å². The zero-order chi connectivity index (χ0) is 17.6. The molecule has 0 atom stereocenters. The van der Waals surface area contributed by atoms with Crippen LogP contribution in [0.25, 0.3) is 0 Å². The van der Waals surface area contributed by atoms with E-state index >= 15 is 0 Å². The molecule has 0 radical (unpaired) electrons. The van der Waals surface area contributed by atoms with Gasteiger partial charge in [-0.25, -0.2) is 0 Å². The first kappa shape index (κ1) is 17.7. The lowest BCUT2D eigenvalue weighted by atomic mass is 10.2. The molecule has 2 aromatic rings. The van der Waals surface area contributed by atoms with E-state index in [1.807, 2.05) is 12.1 Å². The Morgan fingerprint density at radius 2 is 1.79 bits per heavy atom. The molecule has 1 amide bonds. The number of hydrogen-bond donors (Lipinski definition) is 2. The van der Waals surface area contributed by atoms with Gasteiger partial charge in [0.1, 0.15) is 5.75 Å². The van der Waals surface area contributed by atoms with E-state index in [9.17, 15) is 18.0 Å². The van der Waals surface area contributed by atoms with Crippen molar-refractivity contribution < 1.29 is 22.7 Å². The van der Waals surface area contributed by atoms with Crippen LogP contribution in [0.1, 0.15) is 12.0 Å². The van der Waals surface area contributed by atoms with Crippen LogP contribution in [0.4, 0.5) is 24.5 Å². The molecule has 0 heterocycles. The minimum Gasteiger partial charge on any atom is -0.497 e. The Balaban J connectivity index is 1.83. The number of carbonyl (C=O) groups is 1. The van der Waals surface area contributed by atoms with Gasteiger partial charge in [-0.2, -0.15) is 13.2 Å². The highest BCUT2D eigenvalue weighted by molar-refractivity contribution is 5.91. The summed E-state index contributed by atoms with van der Waals surface area (Å²) in [5, 5.41) is 5.51. The summed E-state index contributed by atoms with van der Waals surface area (Å²) in [6.07, 6.45) is -4.31. The molecule has 2 rings (SSSR count). The van der Waals surface area contributed by atoms with Crippen molar-refractivity contribution in [1.82, 2.24) is 0 Å². The number of methoxy groups -OCH3 is 1. The largest absolute Gasteiger partial charge is 0.497 e. The topological polar surface area (TPSA) is 50.4 Å². The third kappa shape index (κ3) is 5.19. The van der Waals surface area contributed by atoms with Gasteiger partial charge in [-0.1, -0.05) is 6.07 Å². The zero-order valence-corrected chi connectivity index (χ0v) is 13.0. The second-order valence-electron chi connectivity index (χ2n) is 5.03. The van der Waals surface area contributed by atoms with E-state index < -0.39 is 11.7 Å². The van der Waals surface area contributed by atoms with Crippen LogP contribution >= 0.6 is 0 Å². The predicted octanol–water partition coefficient (Wildman–Crippen LogP) is 4.15. The molecule has 24 heavy (non-hydrogen) atoms. The quantitative estimate of drug-likeness (QED) is 0.832. The van der Waals surface area contributed by atoms with Gasteiger partial charge >= 0.3 is 6.18 Å². The van der Waals surface area contributed by atoms with Gasteiger partial charge < -0.3 is 15.4 Å². The maximum atomic E-state index is 12.6. The molecule has 0 aliphatic rings. The van der Waals surface area contributed by atoms with Crippen LogP contribution in [0.15, 0.2) is 48.5 Å². The van der Waals surface area contributed by atoms with Gasteiger partial charge in [-0.15, -0.1) is 0 Å². The smallest absolute Gasteiger partial charge is 0.416 e. The summed E-state index contributed by atoms with van der Waals surface area (Å²) in [6.45, 7) is 0.358. The Bertz CT molecular complexity index is 685. The summed E-state index contributed by atoms with van der Waals surface area (Å²) in [5.41, 5.74) is 0.151. The zero-order valence-electron chi connectivity index (χ0n) is 13.0. The van der Waals surface area contributed by atoms with Crippen LogP contribution in [0, 0.1) is 0 Å². The first-order valence-electron chi connectivity index (χ1n) is 7.23. The van der Waals surface area contributed by atoms with E-state index in [0.717, 1.165) is 23.6 Å². The van der Waals surface area contributed by atoms with Crippen molar-refractivity contribution in [3.63, 3.8) is 0 Å². The Morgan fingerprint density at radius 1 is 1.08 bits per heavy atom. The second kappa shape index (κ2) is 7.72. The fourth-order valence-electron chi connectivity index (χ4n) is 2.03. The van der Waals surface area contributed by atoms with Crippen LogP contribution in [0.2, 0.25) is 0 Å². The first-order valence-corrected chi connectivity index (χ1v) is 7.23. The molecule has 0 bridgehead atoms. The molecule has 0 unspecified atom stereocenters. The molecule has 0 saturated heterocycles. The third-order valence-corrected chi connectivity index (χ3v) is 3.24. The fourth-order valence-corrected chi connectivity index (χ4v) is 2.03. The molecule has 0 fully saturated rings. The Kier molecular flexibility index (Phi) is 5.68. The molecule has 4 nitrogen and oxygen atoms in total. The molecule has 2 N–H and O–H groups in total. The third-order valence-electron chi connectivity index (χ3n) is 3.24. The van der Waals surface area contributed by atoms with E-state index in [-0.39, 0.29) is 18.0 Å². The van der Waals surface area contributed by atoms with Crippen LogP contribution in [0.5, 0.6) is 5.75 Å². The Hall–Kier alpha value is -2.70. The molecular formula is C17H17F3N2O2. The van der Waals surface area contributed by atoms with Crippen LogP contribution in [-0.4, -0.2) is 19.6 Å². The van der Waals surface area contributed by atoms with Gasteiger partial charge in [0.2, 0.25) is 5.91 Å². The molecule has 7 heteroatoms. The number of carbonyl (C=O) groups excluding carboxylic acids is 1. The van der Waals surface area contributed by atoms with Crippen molar-refractivity contribution in [3.8, 4) is 5.75 Å². The minimum atomic E-state index is -4.43. The molecule has 0 saturated carbocycles. The number of hydrogen-bond acceptors (Lipinski definition) is 3. The number of rotatable bonds is 6. The number of alkyl halides is 3. The fraction of sp³-hybridized carbons (Fsp3) is 0.235. The number of halogens is 3. The molecule has 2 aromatic carbocycles. The number of amides is 1. The van der Waals surface area contributed by atoms with Crippen molar-refractivity contribution in [2.75, 3.05) is 24.3 Å². The van der Waals surface area contributed by atoms with Gasteiger partial charge in [0.25, 0.3) is 0 Å². The lowest BCUT2D eigenvalue weighted by Crippen LogP contribution is -2.16. The van der Waals surface area contributed by atoms with Gasteiger partial charge in [0.15, 0.2) is 0 Å². The van der Waals surface area contributed by atoms with Crippen molar-refractivity contribution >= 4 is 17.3 Å². The van der Waals surface area contributed by atoms with E-state index in [1.54, 1.807) is 19.2 Å². The number of anilines is 2. The van der Waals surface area contributed by atoms with Crippen LogP contribution in [-0.2, 0) is 11.0 Å². The Morgan fingerprint density at radius 3 is 2.42 bits per heavy atom. The van der Waals surface area contributed by atoms with Crippen molar-refractivity contribution in [1.29, 1.82) is 0 Å². The number of nitrogens with one attached hydrogen (secondary N) is 2. The predicted molar refractivity (Wildman–Crippen MR) is 86.2 cm³/mol. The lowest BCUT2D eigenvalue weighted by Gasteiger charge is -2.10. The molecule has 0 aliphatic carbocycles. The van der Waals surface area contributed by atoms with Gasteiger partial charge in [-0.05, 0) is 42.5 Å². The average Bonchev–Trinajstić information content (AvgIpc) is 2.55. The van der Waals surface area contributed by atoms with Gasteiger partial charge in [0.05, 0.1) is 12.7 Å². The van der Waals surface area contributed by atoms with E-state index in [2.05, 4.69) is 10.6 Å². The molecule has 0 aliphatic heterocycles. The molecular weight excluding hydrogens is 321 g/mol. The van der Waals surface area contributed by atoms with Crippen molar-refractivity contribution in [2.24, 2.45) is 0 Å². The van der Waals surface area contributed by atoms with E-state index in [0.29, 0.717) is 6.54 Å². The van der Waals surface area contributed by atoms with Crippen LogP contribution in [0.3, 0.4) is 0 Å². The summed E-state index contributed by atoms with van der Waals surface area (Å²) in [6, 6.07) is 11.7. The molecule has 0 spiro atoms. The number of benzene rings is 2. The highest BCUT2D eigenvalue weighted by atomic mass is 19.4. The van der Waals surface area contributed by atoms with E-state index in [1.165, 1.54) is 12.1 Å².